The fraction of sp³-hybridized carbons (Fsp3) is 0.429. The van der Waals surface area contributed by atoms with Crippen LogP contribution in [0.5, 0.6) is 0 Å². The minimum absolute atomic E-state index is 0.155. The van der Waals surface area contributed by atoms with Gasteiger partial charge in [-0.25, -0.2) is 0 Å². The molecule has 0 fully saturated rings. The Morgan fingerprint density at radius 2 is 2.40 bits per heavy atom. The maximum atomic E-state index is 10.4. The highest BCUT2D eigenvalue weighted by atomic mass is 16.3. The van der Waals surface area contributed by atoms with Gasteiger partial charge in [0.2, 0.25) is 0 Å². The number of anilines is 1. The van der Waals surface area contributed by atoms with Crippen LogP contribution >= 0.6 is 0 Å². The normalized spacial score (nSPS) is 9.90. The van der Waals surface area contributed by atoms with Crippen molar-refractivity contribution < 1.29 is 5.11 Å². The zero-order valence-electron chi connectivity index (χ0n) is 6.22. The molecule has 3 nitrogen and oxygen atoms in total. The van der Waals surface area contributed by atoms with Crippen molar-refractivity contribution in [2.45, 2.75) is 6.61 Å². The van der Waals surface area contributed by atoms with E-state index in [0.29, 0.717) is 0 Å². The van der Waals surface area contributed by atoms with Crippen molar-refractivity contribution in [1.82, 2.24) is 4.57 Å². The van der Waals surface area contributed by atoms with Crippen LogP contribution in [0.4, 0.5) is 5.69 Å². The molecule has 3 heteroatoms. The molecule has 1 heterocycles. The third kappa shape index (κ3) is 1.14. The molecule has 0 aromatic carbocycles. The molecule has 0 bridgehead atoms. The summed E-state index contributed by atoms with van der Waals surface area (Å²) in [5.41, 5.74) is 1.80. The SMILES string of the molecule is CNc1cc(C[O-])n(C)c1. The molecule has 0 unspecified atom stereocenters. The van der Waals surface area contributed by atoms with Gasteiger partial charge in [-0.05, 0) is 6.07 Å². The number of hydrogen-bond donors (Lipinski definition) is 1. The molecule has 1 aromatic heterocycles. The number of nitrogens with one attached hydrogen (secondary N) is 1. The molecular weight excluding hydrogens is 128 g/mol. The summed E-state index contributed by atoms with van der Waals surface area (Å²) < 4.78 is 1.83. The molecule has 10 heavy (non-hydrogen) atoms. The van der Waals surface area contributed by atoms with Crippen LogP contribution in [0.2, 0.25) is 0 Å². The fourth-order valence-corrected chi connectivity index (χ4v) is 0.890. The summed E-state index contributed by atoms with van der Waals surface area (Å²) in [5.74, 6) is 0. The molecule has 1 rings (SSSR count). The average molecular weight is 139 g/mol. The van der Waals surface area contributed by atoms with Gasteiger partial charge in [-0.15, -0.1) is 0 Å². The Labute approximate surface area is 60.3 Å². The first kappa shape index (κ1) is 7.15. The van der Waals surface area contributed by atoms with Crippen LogP contribution in [0, 0.1) is 0 Å². The Hall–Kier alpha value is -0.960. The second-order valence-electron chi connectivity index (χ2n) is 2.23. The second-order valence-corrected chi connectivity index (χ2v) is 2.23. The Morgan fingerprint density at radius 1 is 1.70 bits per heavy atom. The summed E-state index contributed by atoms with van der Waals surface area (Å²) in [5, 5.41) is 13.4. The van der Waals surface area contributed by atoms with Gasteiger partial charge in [0.05, 0.1) is 5.69 Å². The van der Waals surface area contributed by atoms with Crippen LogP contribution in [0.15, 0.2) is 12.3 Å². The Balaban J connectivity index is 2.92. The van der Waals surface area contributed by atoms with Crippen LogP contribution in [-0.2, 0) is 13.7 Å². The lowest BCUT2D eigenvalue weighted by Gasteiger charge is -2.03. The lowest BCUT2D eigenvalue weighted by Crippen LogP contribution is -2.06. The van der Waals surface area contributed by atoms with Gasteiger partial charge in [-0.2, -0.15) is 0 Å². The van der Waals surface area contributed by atoms with Crippen LogP contribution in [-0.4, -0.2) is 11.6 Å². The van der Waals surface area contributed by atoms with Gasteiger partial charge < -0.3 is 15.0 Å². The van der Waals surface area contributed by atoms with E-state index < -0.39 is 0 Å². The van der Waals surface area contributed by atoms with Gasteiger partial charge in [0, 0.05) is 26.0 Å². The lowest BCUT2D eigenvalue weighted by atomic mass is 10.4. The number of aromatic nitrogens is 1. The van der Waals surface area contributed by atoms with Gasteiger partial charge in [-0.3, -0.25) is 0 Å². The molecule has 0 aliphatic carbocycles. The molecule has 0 radical (unpaired) electrons. The minimum atomic E-state index is -0.155. The summed E-state index contributed by atoms with van der Waals surface area (Å²) in [7, 11) is 3.71. The van der Waals surface area contributed by atoms with Crippen LogP contribution in [0.3, 0.4) is 0 Å². The van der Waals surface area contributed by atoms with Crippen molar-refractivity contribution in [2.75, 3.05) is 12.4 Å². The predicted molar refractivity (Wildman–Crippen MR) is 38.7 cm³/mol. The highest BCUT2D eigenvalue weighted by Gasteiger charge is 1.94. The van der Waals surface area contributed by atoms with E-state index in [1.54, 1.807) is 0 Å². The number of aryl methyl sites for hydroxylation is 1. The van der Waals surface area contributed by atoms with E-state index >= 15 is 0 Å². The smallest absolute Gasteiger partial charge is 0.0519 e. The number of hydrogen-bond acceptors (Lipinski definition) is 2. The maximum Gasteiger partial charge on any atom is 0.0519 e. The lowest BCUT2D eigenvalue weighted by molar-refractivity contribution is -0.387. The van der Waals surface area contributed by atoms with Crippen molar-refractivity contribution in [2.24, 2.45) is 7.05 Å². The monoisotopic (exact) mass is 139 g/mol. The molecule has 0 saturated carbocycles. The standard InChI is InChI=1S/C7H11N2O/c1-8-6-3-7(5-10)9(2)4-6/h3-4,8H,5H2,1-2H3/q-1. The number of rotatable bonds is 2. The summed E-state index contributed by atoms with van der Waals surface area (Å²) in [6.45, 7) is -0.155. The number of nitrogens with zero attached hydrogens (tertiary/aromatic N) is 1. The van der Waals surface area contributed by atoms with Crippen molar-refractivity contribution in [1.29, 1.82) is 0 Å². The third-order valence-corrected chi connectivity index (χ3v) is 1.54. The molecule has 0 spiro atoms. The predicted octanol–water partition coefficient (Wildman–Crippen LogP) is -0.0729. The molecular formula is C7H11N2O-. The van der Waals surface area contributed by atoms with Crippen LogP contribution in [0.25, 0.3) is 0 Å². The Morgan fingerprint density at radius 3 is 2.70 bits per heavy atom. The van der Waals surface area contributed by atoms with E-state index in [4.69, 9.17) is 0 Å². The molecule has 1 aromatic rings. The van der Waals surface area contributed by atoms with Crippen molar-refractivity contribution in [3.05, 3.63) is 18.0 Å². The van der Waals surface area contributed by atoms with Gasteiger partial charge in [0.15, 0.2) is 0 Å². The highest BCUT2D eigenvalue weighted by Crippen LogP contribution is 2.10. The summed E-state index contributed by atoms with van der Waals surface area (Å²) in [4.78, 5) is 0. The van der Waals surface area contributed by atoms with Gasteiger partial charge >= 0.3 is 0 Å². The van der Waals surface area contributed by atoms with E-state index in [2.05, 4.69) is 5.32 Å². The van der Waals surface area contributed by atoms with Crippen molar-refractivity contribution in [3.63, 3.8) is 0 Å². The molecule has 0 atom stereocenters. The second kappa shape index (κ2) is 2.75. The molecule has 56 valence electrons. The van der Waals surface area contributed by atoms with Gasteiger partial charge in [-0.1, -0.05) is 6.61 Å². The van der Waals surface area contributed by atoms with Crippen molar-refractivity contribution in [3.8, 4) is 0 Å². The minimum Gasteiger partial charge on any atom is -0.850 e. The zero-order valence-corrected chi connectivity index (χ0v) is 6.22. The Kier molecular flexibility index (Phi) is 1.97. The van der Waals surface area contributed by atoms with E-state index in [-0.39, 0.29) is 6.61 Å². The molecule has 0 aliphatic rings. The topological polar surface area (TPSA) is 40.0 Å². The first-order valence-electron chi connectivity index (χ1n) is 3.19. The fourth-order valence-electron chi connectivity index (χ4n) is 0.890. The summed E-state index contributed by atoms with van der Waals surface area (Å²) in [6, 6.07) is 1.85. The first-order valence-corrected chi connectivity index (χ1v) is 3.19. The van der Waals surface area contributed by atoms with E-state index in [0.717, 1.165) is 11.4 Å². The molecule has 0 saturated heterocycles. The average Bonchev–Trinajstić information content (AvgIpc) is 2.30. The van der Waals surface area contributed by atoms with Crippen LogP contribution in [0.1, 0.15) is 5.69 Å². The maximum absolute atomic E-state index is 10.4. The third-order valence-electron chi connectivity index (χ3n) is 1.54. The first-order chi connectivity index (χ1) is 4.77. The van der Waals surface area contributed by atoms with Gasteiger partial charge in [0.25, 0.3) is 0 Å². The largest absolute Gasteiger partial charge is 0.850 e. The molecule has 0 amide bonds. The summed E-state index contributed by atoms with van der Waals surface area (Å²) in [6.07, 6.45) is 1.90. The quantitative estimate of drug-likeness (QED) is 0.623. The Bertz CT molecular complexity index is 217. The summed E-state index contributed by atoms with van der Waals surface area (Å²) >= 11 is 0. The molecule has 1 N–H and O–H groups in total. The zero-order chi connectivity index (χ0) is 7.56. The van der Waals surface area contributed by atoms with E-state index in [9.17, 15) is 5.11 Å². The van der Waals surface area contributed by atoms with Gasteiger partial charge in [0.1, 0.15) is 0 Å². The van der Waals surface area contributed by atoms with E-state index in [1.165, 1.54) is 0 Å². The van der Waals surface area contributed by atoms with Crippen molar-refractivity contribution >= 4 is 5.69 Å². The van der Waals surface area contributed by atoms with Crippen LogP contribution < -0.4 is 10.4 Å². The van der Waals surface area contributed by atoms with E-state index in [1.807, 2.05) is 30.9 Å². The highest BCUT2D eigenvalue weighted by molar-refractivity contribution is 5.43. The molecule has 0 aliphatic heterocycles.